The predicted molar refractivity (Wildman–Crippen MR) is 65.3 cm³/mol. The molecule has 1 aromatic carbocycles. The number of benzene rings is 1. The van der Waals surface area contributed by atoms with E-state index >= 15 is 0 Å². The van der Waals surface area contributed by atoms with Crippen molar-refractivity contribution < 1.29 is 8.91 Å². The van der Waals surface area contributed by atoms with Gasteiger partial charge in [-0.2, -0.15) is 4.98 Å². The summed E-state index contributed by atoms with van der Waals surface area (Å²) < 4.78 is 18.7. The second-order valence-corrected chi connectivity index (χ2v) is 4.36. The maximum atomic E-state index is 13.5. The fourth-order valence-electron chi connectivity index (χ4n) is 1.70. The van der Waals surface area contributed by atoms with E-state index < -0.39 is 0 Å². The lowest BCUT2D eigenvalue weighted by Crippen LogP contribution is -2.22. The summed E-state index contributed by atoms with van der Waals surface area (Å²) in [4.78, 5) is 6.15. The smallest absolute Gasteiger partial charge is 0.243 e. The molecule has 1 heterocycles. The molecule has 1 aromatic heterocycles. The Kier molecular flexibility index (Phi) is 3.72. The molecule has 96 valence electrons. The van der Waals surface area contributed by atoms with Crippen LogP contribution in [0.15, 0.2) is 28.8 Å². The van der Waals surface area contributed by atoms with Gasteiger partial charge in [0.1, 0.15) is 5.82 Å². The molecule has 0 fully saturated rings. The highest BCUT2D eigenvalue weighted by Gasteiger charge is 2.18. The number of halogens is 1. The minimum Gasteiger partial charge on any atom is -0.338 e. The van der Waals surface area contributed by atoms with Gasteiger partial charge in [0.15, 0.2) is 5.82 Å². The van der Waals surface area contributed by atoms with E-state index in [1.807, 2.05) is 24.9 Å². The number of hydrogen-bond acceptors (Lipinski definition) is 4. The van der Waals surface area contributed by atoms with Crippen LogP contribution in [0.2, 0.25) is 0 Å². The lowest BCUT2D eigenvalue weighted by Gasteiger charge is -2.21. The lowest BCUT2D eigenvalue weighted by molar-refractivity contribution is 0.200. The van der Waals surface area contributed by atoms with E-state index in [0.717, 1.165) is 0 Å². The molecule has 2 aromatic rings. The van der Waals surface area contributed by atoms with Crippen molar-refractivity contribution in [3.8, 4) is 0 Å². The van der Waals surface area contributed by atoms with Crippen molar-refractivity contribution in [2.75, 3.05) is 7.05 Å². The van der Waals surface area contributed by atoms with E-state index in [4.69, 9.17) is 4.52 Å². The zero-order valence-electron chi connectivity index (χ0n) is 10.7. The van der Waals surface area contributed by atoms with Crippen molar-refractivity contribution in [1.82, 2.24) is 15.0 Å². The largest absolute Gasteiger partial charge is 0.338 e. The summed E-state index contributed by atoms with van der Waals surface area (Å²) >= 11 is 0. The van der Waals surface area contributed by atoms with Crippen LogP contribution >= 0.6 is 0 Å². The highest BCUT2D eigenvalue weighted by Crippen LogP contribution is 2.19. The van der Waals surface area contributed by atoms with Gasteiger partial charge in [-0.3, -0.25) is 4.90 Å². The Morgan fingerprint density at radius 2 is 2.11 bits per heavy atom. The predicted octanol–water partition coefficient (Wildman–Crippen LogP) is 2.71. The molecule has 0 bridgehead atoms. The summed E-state index contributed by atoms with van der Waals surface area (Å²) in [5, 5.41) is 3.76. The van der Waals surface area contributed by atoms with Gasteiger partial charge in [-0.15, -0.1) is 0 Å². The second-order valence-electron chi connectivity index (χ2n) is 4.36. The number of nitrogens with zero attached hydrogens (tertiary/aromatic N) is 3. The first kappa shape index (κ1) is 12.7. The van der Waals surface area contributed by atoms with Gasteiger partial charge in [-0.1, -0.05) is 23.4 Å². The molecule has 0 radical (unpaired) electrons. The van der Waals surface area contributed by atoms with Gasteiger partial charge in [0.25, 0.3) is 0 Å². The van der Waals surface area contributed by atoms with Gasteiger partial charge in [0, 0.05) is 12.1 Å². The SMILES string of the molecule is Cc1noc([C@H](C)N(C)Cc2ccccc2F)n1. The molecule has 2 rings (SSSR count). The molecule has 0 spiro atoms. The van der Waals surface area contributed by atoms with E-state index in [0.29, 0.717) is 23.8 Å². The Balaban J connectivity index is 2.08. The fraction of sp³-hybridized carbons (Fsp3) is 0.385. The third-order valence-corrected chi connectivity index (χ3v) is 2.94. The first-order valence-corrected chi connectivity index (χ1v) is 5.82. The molecule has 5 heteroatoms. The minimum atomic E-state index is -0.196. The summed E-state index contributed by atoms with van der Waals surface area (Å²) in [7, 11) is 1.90. The Hall–Kier alpha value is -1.75. The summed E-state index contributed by atoms with van der Waals surface area (Å²) in [6.45, 7) is 4.22. The molecule has 0 aliphatic heterocycles. The van der Waals surface area contributed by atoms with Crippen LogP contribution in [0.1, 0.15) is 30.2 Å². The average molecular weight is 249 g/mol. The third-order valence-electron chi connectivity index (χ3n) is 2.94. The van der Waals surface area contributed by atoms with Gasteiger partial charge in [-0.25, -0.2) is 4.39 Å². The van der Waals surface area contributed by atoms with Crippen LogP contribution in [0.25, 0.3) is 0 Å². The van der Waals surface area contributed by atoms with Crippen molar-refractivity contribution in [3.05, 3.63) is 47.4 Å². The molecule has 0 saturated heterocycles. The molecular formula is C13H16FN3O. The topological polar surface area (TPSA) is 42.2 Å². The second kappa shape index (κ2) is 5.27. The fourth-order valence-corrected chi connectivity index (χ4v) is 1.70. The van der Waals surface area contributed by atoms with E-state index in [9.17, 15) is 4.39 Å². The van der Waals surface area contributed by atoms with Gasteiger partial charge in [0.2, 0.25) is 5.89 Å². The molecule has 0 N–H and O–H groups in total. The molecule has 0 saturated carbocycles. The van der Waals surface area contributed by atoms with Gasteiger partial charge in [-0.05, 0) is 27.0 Å². The van der Waals surface area contributed by atoms with Crippen LogP contribution in [-0.2, 0) is 6.54 Å². The molecule has 0 aliphatic rings. The number of aryl methyl sites for hydroxylation is 1. The number of aromatic nitrogens is 2. The van der Waals surface area contributed by atoms with Gasteiger partial charge in [0.05, 0.1) is 6.04 Å². The van der Waals surface area contributed by atoms with Crippen molar-refractivity contribution in [3.63, 3.8) is 0 Å². The van der Waals surface area contributed by atoms with Crippen LogP contribution < -0.4 is 0 Å². The van der Waals surface area contributed by atoms with E-state index in [2.05, 4.69) is 10.1 Å². The summed E-state index contributed by atoms with van der Waals surface area (Å²) in [6, 6.07) is 6.70. The van der Waals surface area contributed by atoms with Crippen LogP contribution in [0.3, 0.4) is 0 Å². The van der Waals surface area contributed by atoms with Crippen LogP contribution in [0, 0.1) is 12.7 Å². The Bertz CT molecular complexity index is 526. The number of hydrogen-bond donors (Lipinski definition) is 0. The van der Waals surface area contributed by atoms with Crippen molar-refractivity contribution >= 4 is 0 Å². The minimum absolute atomic E-state index is 0.0502. The van der Waals surface area contributed by atoms with Gasteiger partial charge >= 0.3 is 0 Å². The van der Waals surface area contributed by atoms with E-state index in [-0.39, 0.29) is 11.9 Å². The average Bonchev–Trinajstić information content (AvgIpc) is 2.78. The highest BCUT2D eigenvalue weighted by molar-refractivity contribution is 5.17. The van der Waals surface area contributed by atoms with Crippen molar-refractivity contribution in [2.45, 2.75) is 26.4 Å². The molecule has 1 atom stereocenters. The van der Waals surface area contributed by atoms with Crippen LogP contribution in [0.4, 0.5) is 4.39 Å². The van der Waals surface area contributed by atoms with Crippen molar-refractivity contribution in [2.24, 2.45) is 0 Å². The first-order valence-electron chi connectivity index (χ1n) is 5.82. The first-order chi connectivity index (χ1) is 8.58. The zero-order chi connectivity index (χ0) is 13.1. The molecular weight excluding hydrogens is 233 g/mol. The van der Waals surface area contributed by atoms with Gasteiger partial charge < -0.3 is 4.52 Å². The summed E-state index contributed by atoms with van der Waals surface area (Å²) in [6.07, 6.45) is 0. The van der Waals surface area contributed by atoms with E-state index in [1.54, 1.807) is 19.1 Å². The molecule has 18 heavy (non-hydrogen) atoms. The van der Waals surface area contributed by atoms with Crippen molar-refractivity contribution in [1.29, 1.82) is 0 Å². The molecule has 0 unspecified atom stereocenters. The normalized spacial score (nSPS) is 12.9. The number of rotatable bonds is 4. The monoisotopic (exact) mass is 249 g/mol. The zero-order valence-corrected chi connectivity index (χ0v) is 10.7. The summed E-state index contributed by atoms with van der Waals surface area (Å²) in [5.74, 6) is 0.959. The molecule has 0 aliphatic carbocycles. The van der Waals surface area contributed by atoms with Crippen LogP contribution in [-0.4, -0.2) is 22.1 Å². The van der Waals surface area contributed by atoms with Crippen LogP contribution in [0.5, 0.6) is 0 Å². The highest BCUT2D eigenvalue weighted by atomic mass is 19.1. The Morgan fingerprint density at radius 1 is 1.39 bits per heavy atom. The maximum Gasteiger partial charge on any atom is 0.243 e. The Morgan fingerprint density at radius 3 is 2.72 bits per heavy atom. The lowest BCUT2D eigenvalue weighted by atomic mass is 10.2. The maximum absolute atomic E-state index is 13.5. The molecule has 0 amide bonds. The quantitative estimate of drug-likeness (QED) is 0.835. The standard InChI is InChI=1S/C13H16FN3O/c1-9(13-15-10(2)16-18-13)17(3)8-11-6-4-5-7-12(11)14/h4-7,9H,8H2,1-3H3/t9-/m0/s1. The Labute approximate surface area is 105 Å². The van der Waals surface area contributed by atoms with E-state index in [1.165, 1.54) is 6.07 Å². The molecule has 4 nitrogen and oxygen atoms in total. The summed E-state index contributed by atoms with van der Waals surface area (Å²) in [5.41, 5.74) is 0.656. The third kappa shape index (κ3) is 2.73.